The van der Waals surface area contributed by atoms with Crippen molar-refractivity contribution in [3.8, 4) is 0 Å². The van der Waals surface area contributed by atoms with Gasteiger partial charge in [-0.2, -0.15) is 0 Å². The second-order valence-electron chi connectivity index (χ2n) is 6.30. The standard InChI is InChI=1S/C20H21NO3/c22-18(15-16-7-3-1-4-8-16)21-13-11-20(12-14-21,19(23)24)17-9-5-2-6-10-17/h1-10H,11-15H2,(H,23,24). The van der Waals surface area contributed by atoms with Crippen molar-refractivity contribution in [2.45, 2.75) is 24.7 Å². The molecular formula is C20H21NO3. The van der Waals surface area contributed by atoms with Gasteiger partial charge in [0, 0.05) is 13.1 Å². The zero-order valence-electron chi connectivity index (χ0n) is 13.5. The minimum atomic E-state index is -0.884. The van der Waals surface area contributed by atoms with Crippen molar-refractivity contribution in [2.75, 3.05) is 13.1 Å². The molecule has 1 N–H and O–H groups in total. The van der Waals surface area contributed by atoms with Crippen molar-refractivity contribution in [3.05, 3.63) is 71.8 Å². The number of carboxylic acid groups (broad SMARTS) is 1. The molecule has 0 radical (unpaired) electrons. The van der Waals surface area contributed by atoms with Gasteiger partial charge in [0.25, 0.3) is 0 Å². The van der Waals surface area contributed by atoms with Gasteiger partial charge in [-0.25, -0.2) is 0 Å². The summed E-state index contributed by atoms with van der Waals surface area (Å²) < 4.78 is 0. The smallest absolute Gasteiger partial charge is 0.314 e. The summed E-state index contributed by atoms with van der Waals surface area (Å²) in [5, 5.41) is 9.80. The van der Waals surface area contributed by atoms with E-state index in [-0.39, 0.29) is 5.91 Å². The van der Waals surface area contributed by atoms with Gasteiger partial charge < -0.3 is 10.0 Å². The predicted molar refractivity (Wildman–Crippen MR) is 91.7 cm³/mol. The zero-order chi connectivity index (χ0) is 17.0. The largest absolute Gasteiger partial charge is 0.481 e. The number of carbonyl (C=O) groups excluding carboxylic acids is 1. The number of carboxylic acids is 1. The summed E-state index contributed by atoms with van der Waals surface area (Å²) in [6.07, 6.45) is 1.27. The van der Waals surface area contributed by atoms with Gasteiger partial charge in [-0.1, -0.05) is 60.7 Å². The first-order chi connectivity index (χ1) is 11.6. The van der Waals surface area contributed by atoms with Gasteiger partial charge in [-0.3, -0.25) is 9.59 Å². The fourth-order valence-electron chi connectivity index (χ4n) is 3.40. The van der Waals surface area contributed by atoms with E-state index in [1.807, 2.05) is 60.7 Å². The first-order valence-electron chi connectivity index (χ1n) is 8.22. The van der Waals surface area contributed by atoms with E-state index in [4.69, 9.17) is 0 Å². The summed E-state index contributed by atoms with van der Waals surface area (Å²) in [5.41, 5.74) is 0.929. The summed E-state index contributed by atoms with van der Waals surface area (Å²) in [4.78, 5) is 26.2. The van der Waals surface area contributed by atoms with Crippen LogP contribution in [0.3, 0.4) is 0 Å². The maximum atomic E-state index is 12.5. The number of rotatable bonds is 4. The van der Waals surface area contributed by atoms with Gasteiger partial charge in [0.05, 0.1) is 11.8 Å². The van der Waals surface area contributed by atoms with Crippen LogP contribution in [0.15, 0.2) is 60.7 Å². The molecule has 4 heteroatoms. The highest BCUT2D eigenvalue weighted by Gasteiger charge is 2.43. The van der Waals surface area contributed by atoms with Crippen molar-refractivity contribution in [2.24, 2.45) is 0 Å². The molecule has 1 aliphatic rings. The van der Waals surface area contributed by atoms with Crippen LogP contribution in [0.2, 0.25) is 0 Å². The zero-order valence-corrected chi connectivity index (χ0v) is 13.5. The van der Waals surface area contributed by atoms with Gasteiger partial charge in [0.15, 0.2) is 0 Å². The summed E-state index contributed by atoms with van der Waals surface area (Å²) in [6.45, 7) is 0.958. The van der Waals surface area contributed by atoms with Crippen LogP contribution in [0.4, 0.5) is 0 Å². The fourth-order valence-corrected chi connectivity index (χ4v) is 3.40. The third-order valence-electron chi connectivity index (χ3n) is 4.90. The molecule has 0 atom stereocenters. The molecule has 1 heterocycles. The van der Waals surface area contributed by atoms with Crippen LogP contribution in [0.1, 0.15) is 24.0 Å². The van der Waals surface area contributed by atoms with Gasteiger partial charge in [-0.15, -0.1) is 0 Å². The van der Waals surface area contributed by atoms with E-state index in [0.717, 1.165) is 11.1 Å². The lowest BCUT2D eigenvalue weighted by Gasteiger charge is -2.39. The summed E-state index contributed by atoms with van der Waals surface area (Å²) >= 11 is 0. The van der Waals surface area contributed by atoms with Crippen LogP contribution in [0.5, 0.6) is 0 Å². The monoisotopic (exact) mass is 323 g/mol. The van der Waals surface area contributed by atoms with E-state index in [2.05, 4.69) is 0 Å². The molecule has 1 saturated heterocycles. The van der Waals surface area contributed by atoms with Crippen molar-refractivity contribution in [1.82, 2.24) is 4.90 Å². The molecule has 1 fully saturated rings. The Hall–Kier alpha value is -2.62. The van der Waals surface area contributed by atoms with Gasteiger partial charge in [0.1, 0.15) is 0 Å². The Balaban J connectivity index is 1.70. The number of nitrogens with zero attached hydrogens (tertiary/aromatic N) is 1. The molecule has 1 amide bonds. The number of aliphatic carboxylic acids is 1. The van der Waals surface area contributed by atoms with Gasteiger partial charge >= 0.3 is 5.97 Å². The molecule has 1 aliphatic heterocycles. The first kappa shape index (κ1) is 16.2. The third kappa shape index (κ3) is 3.18. The lowest BCUT2D eigenvalue weighted by atomic mass is 9.73. The molecule has 0 spiro atoms. The van der Waals surface area contributed by atoms with Crippen LogP contribution in [-0.2, 0) is 21.4 Å². The van der Waals surface area contributed by atoms with Crippen LogP contribution < -0.4 is 0 Å². The number of hydrogen-bond acceptors (Lipinski definition) is 2. The van der Waals surface area contributed by atoms with Crippen molar-refractivity contribution in [1.29, 1.82) is 0 Å². The number of piperidine rings is 1. The molecule has 2 aromatic rings. The number of benzene rings is 2. The topological polar surface area (TPSA) is 57.6 Å². The first-order valence-corrected chi connectivity index (χ1v) is 8.22. The minimum absolute atomic E-state index is 0.0632. The van der Waals surface area contributed by atoms with Gasteiger partial charge in [-0.05, 0) is 24.0 Å². The molecule has 0 aromatic heterocycles. The Morgan fingerprint density at radius 3 is 2.00 bits per heavy atom. The second-order valence-corrected chi connectivity index (χ2v) is 6.30. The Morgan fingerprint density at radius 2 is 1.46 bits per heavy atom. The Kier molecular flexibility index (Phi) is 4.65. The average molecular weight is 323 g/mol. The van der Waals surface area contributed by atoms with E-state index >= 15 is 0 Å². The molecule has 124 valence electrons. The summed E-state index contributed by atoms with van der Waals surface area (Å²) in [5.74, 6) is -0.739. The highest BCUT2D eigenvalue weighted by atomic mass is 16.4. The highest BCUT2D eigenvalue weighted by Crippen LogP contribution is 2.36. The molecule has 0 bridgehead atoms. The van der Waals surface area contributed by atoms with E-state index in [9.17, 15) is 14.7 Å². The second kappa shape index (κ2) is 6.87. The normalized spacial score (nSPS) is 16.6. The lowest BCUT2D eigenvalue weighted by molar-refractivity contribution is -0.148. The third-order valence-corrected chi connectivity index (χ3v) is 4.90. The summed E-state index contributed by atoms with van der Waals surface area (Å²) in [6, 6.07) is 19.0. The molecule has 3 rings (SSSR count). The van der Waals surface area contributed by atoms with E-state index in [0.29, 0.717) is 32.4 Å². The molecule has 0 aliphatic carbocycles. The highest BCUT2D eigenvalue weighted by molar-refractivity contribution is 5.83. The molecule has 4 nitrogen and oxygen atoms in total. The number of carbonyl (C=O) groups is 2. The molecule has 2 aromatic carbocycles. The molecular weight excluding hydrogens is 302 g/mol. The Labute approximate surface area is 141 Å². The van der Waals surface area contributed by atoms with Crippen molar-refractivity contribution < 1.29 is 14.7 Å². The number of amides is 1. The Bertz CT molecular complexity index is 704. The minimum Gasteiger partial charge on any atom is -0.481 e. The quantitative estimate of drug-likeness (QED) is 0.941. The number of likely N-dealkylation sites (tertiary alicyclic amines) is 1. The summed E-state index contributed by atoms with van der Waals surface area (Å²) in [7, 11) is 0. The predicted octanol–water partition coefficient (Wildman–Crippen LogP) is 2.87. The number of hydrogen-bond donors (Lipinski definition) is 1. The van der Waals surface area contributed by atoms with Crippen LogP contribution in [0.25, 0.3) is 0 Å². The molecule has 0 saturated carbocycles. The van der Waals surface area contributed by atoms with E-state index in [1.54, 1.807) is 4.90 Å². The SMILES string of the molecule is O=C(Cc1ccccc1)N1CCC(C(=O)O)(c2ccccc2)CC1. The van der Waals surface area contributed by atoms with Crippen LogP contribution >= 0.6 is 0 Å². The Morgan fingerprint density at radius 1 is 0.917 bits per heavy atom. The van der Waals surface area contributed by atoms with Crippen molar-refractivity contribution in [3.63, 3.8) is 0 Å². The van der Waals surface area contributed by atoms with Crippen LogP contribution in [0, 0.1) is 0 Å². The maximum Gasteiger partial charge on any atom is 0.314 e. The molecule has 24 heavy (non-hydrogen) atoms. The lowest BCUT2D eigenvalue weighted by Crippen LogP contribution is -2.49. The molecule has 0 unspecified atom stereocenters. The van der Waals surface area contributed by atoms with Crippen LogP contribution in [-0.4, -0.2) is 35.0 Å². The van der Waals surface area contributed by atoms with E-state index in [1.165, 1.54) is 0 Å². The maximum absolute atomic E-state index is 12.5. The van der Waals surface area contributed by atoms with Crippen molar-refractivity contribution >= 4 is 11.9 Å². The average Bonchev–Trinajstić information content (AvgIpc) is 2.63. The van der Waals surface area contributed by atoms with Gasteiger partial charge in [0.2, 0.25) is 5.91 Å². The fraction of sp³-hybridized carbons (Fsp3) is 0.300. The van der Waals surface area contributed by atoms with E-state index < -0.39 is 11.4 Å².